The van der Waals surface area contributed by atoms with E-state index in [9.17, 15) is 14.9 Å². The first-order chi connectivity index (χ1) is 8.86. The molecule has 7 nitrogen and oxygen atoms in total. The Labute approximate surface area is 114 Å². The lowest BCUT2D eigenvalue weighted by Gasteiger charge is -2.21. The van der Waals surface area contributed by atoms with Crippen LogP contribution in [0.3, 0.4) is 0 Å². The summed E-state index contributed by atoms with van der Waals surface area (Å²) in [6, 6.07) is 3.76. The fraction of sp³-hybridized carbons (Fsp3) is 0.364. The van der Waals surface area contributed by atoms with E-state index < -0.39 is 16.9 Å². The number of hydrogen-bond donors (Lipinski definition) is 2. The topological polar surface area (TPSA) is 107 Å². The van der Waals surface area contributed by atoms with Crippen molar-refractivity contribution in [1.29, 1.82) is 0 Å². The monoisotopic (exact) mass is 287 g/mol. The minimum atomic E-state index is -0.830. The van der Waals surface area contributed by atoms with Crippen molar-refractivity contribution < 1.29 is 14.5 Å². The van der Waals surface area contributed by atoms with Gasteiger partial charge in [-0.3, -0.25) is 20.3 Å². The van der Waals surface area contributed by atoms with Gasteiger partial charge in [0.15, 0.2) is 6.10 Å². The summed E-state index contributed by atoms with van der Waals surface area (Å²) >= 11 is 5.88. The molecule has 8 heteroatoms. The second kappa shape index (κ2) is 6.35. The largest absolute Gasteiger partial charge is 0.479 e. The summed E-state index contributed by atoms with van der Waals surface area (Å²) in [4.78, 5) is 21.5. The van der Waals surface area contributed by atoms with Crippen LogP contribution in [0.25, 0.3) is 0 Å². The number of nitrogens with one attached hydrogen (secondary N) is 1. The van der Waals surface area contributed by atoms with Crippen molar-refractivity contribution in [1.82, 2.24) is 5.43 Å². The third kappa shape index (κ3) is 3.80. The molecule has 0 aliphatic heterocycles. The van der Waals surface area contributed by atoms with Crippen LogP contribution in [-0.2, 0) is 4.79 Å². The Morgan fingerprint density at radius 2 is 2.16 bits per heavy atom. The van der Waals surface area contributed by atoms with E-state index in [1.54, 1.807) is 13.8 Å². The lowest BCUT2D eigenvalue weighted by atomic mass is 10.1. The maximum atomic E-state index is 11.5. The highest BCUT2D eigenvalue weighted by Gasteiger charge is 2.24. The summed E-state index contributed by atoms with van der Waals surface area (Å²) in [6.07, 6.45) is -0.830. The van der Waals surface area contributed by atoms with Crippen LogP contribution in [0.2, 0.25) is 5.02 Å². The Balaban J connectivity index is 2.97. The summed E-state index contributed by atoms with van der Waals surface area (Å²) in [6.45, 7) is 3.55. The molecule has 0 aliphatic carbocycles. The molecule has 0 spiro atoms. The molecule has 0 bridgehead atoms. The molecule has 1 aromatic rings. The highest BCUT2D eigenvalue weighted by Crippen LogP contribution is 2.30. The third-order valence-corrected chi connectivity index (χ3v) is 2.68. The zero-order valence-electron chi connectivity index (χ0n) is 10.4. The van der Waals surface area contributed by atoms with E-state index in [4.69, 9.17) is 22.2 Å². The third-order valence-electron chi connectivity index (χ3n) is 2.39. The second-order valence-corrected chi connectivity index (χ2v) is 4.57. The van der Waals surface area contributed by atoms with E-state index in [1.807, 2.05) is 5.43 Å². The van der Waals surface area contributed by atoms with Gasteiger partial charge in [-0.2, -0.15) is 0 Å². The molecule has 1 unspecified atom stereocenters. The highest BCUT2D eigenvalue weighted by atomic mass is 35.5. The van der Waals surface area contributed by atoms with Gasteiger partial charge in [-0.25, -0.2) is 5.84 Å². The smallest absolute Gasteiger partial charge is 0.275 e. The van der Waals surface area contributed by atoms with Crippen molar-refractivity contribution in [3.05, 3.63) is 33.3 Å². The molecule has 1 rings (SSSR count). The Kier molecular flexibility index (Phi) is 5.08. The van der Waals surface area contributed by atoms with Crippen LogP contribution in [0, 0.1) is 16.0 Å². The summed E-state index contributed by atoms with van der Waals surface area (Å²) < 4.78 is 5.45. The molecular weight excluding hydrogens is 274 g/mol. The predicted molar refractivity (Wildman–Crippen MR) is 69.7 cm³/mol. The van der Waals surface area contributed by atoms with Crippen molar-refractivity contribution >= 4 is 23.2 Å². The van der Waals surface area contributed by atoms with E-state index in [2.05, 4.69) is 0 Å². The maximum absolute atomic E-state index is 11.5. The van der Waals surface area contributed by atoms with Crippen molar-refractivity contribution in [2.24, 2.45) is 11.8 Å². The molecule has 19 heavy (non-hydrogen) atoms. The average molecular weight is 288 g/mol. The van der Waals surface area contributed by atoms with Gasteiger partial charge in [-0.1, -0.05) is 25.4 Å². The van der Waals surface area contributed by atoms with Gasteiger partial charge >= 0.3 is 0 Å². The Morgan fingerprint density at radius 1 is 1.53 bits per heavy atom. The molecular formula is C11H14ClN3O4. The molecule has 3 N–H and O–H groups in total. The van der Waals surface area contributed by atoms with Crippen LogP contribution in [0.1, 0.15) is 13.8 Å². The lowest BCUT2D eigenvalue weighted by molar-refractivity contribution is -0.384. The molecule has 0 heterocycles. The first kappa shape index (κ1) is 15.2. The van der Waals surface area contributed by atoms with Crippen LogP contribution in [0.5, 0.6) is 5.75 Å². The van der Waals surface area contributed by atoms with Crippen molar-refractivity contribution in [3.63, 3.8) is 0 Å². The number of carbonyl (C=O) groups is 1. The fourth-order valence-corrected chi connectivity index (χ4v) is 1.63. The zero-order chi connectivity index (χ0) is 14.6. The van der Waals surface area contributed by atoms with Crippen molar-refractivity contribution in [2.75, 3.05) is 0 Å². The summed E-state index contributed by atoms with van der Waals surface area (Å²) in [5.74, 6) is 4.61. The molecule has 0 fully saturated rings. The van der Waals surface area contributed by atoms with Gasteiger partial charge in [0.25, 0.3) is 11.6 Å². The summed E-state index contributed by atoms with van der Waals surface area (Å²) in [7, 11) is 0. The quantitative estimate of drug-likeness (QED) is 0.370. The first-order valence-corrected chi connectivity index (χ1v) is 5.85. The van der Waals surface area contributed by atoms with Gasteiger partial charge in [0.1, 0.15) is 5.75 Å². The Morgan fingerprint density at radius 3 is 2.58 bits per heavy atom. The first-order valence-electron chi connectivity index (χ1n) is 5.48. The summed E-state index contributed by atoms with van der Waals surface area (Å²) in [5, 5.41) is 10.6. The normalized spacial score (nSPS) is 12.1. The van der Waals surface area contributed by atoms with Gasteiger partial charge in [-0.15, -0.1) is 0 Å². The van der Waals surface area contributed by atoms with Crippen LogP contribution >= 0.6 is 11.6 Å². The standard InChI is InChI=1S/C11H14ClN3O4/c1-6(2)10(11(16)14-13)19-9-4-3-7(15(17)18)5-8(9)12/h3-6,10H,13H2,1-2H3,(H,14,16). The van der Waals surface area contributed by atoms with E-state index in [1.165, 1.54) is 12.1 Å². The number of amides is 1. The number of hydrogen-bond acceptors (Lipinski definition) is 5. The number of nitrogens with two attached hydrogens (primary N) is 1. The molecule has 0 radical (unpaired) electrons. The number of nitro benzene ring substituents is 1. The van der Waals surface area contributed by atoms with Gasteiger partial charge < -0.3 is 4.74 Å². The molecule has 1 aromatic carbocycles. The SMILES string of the molecule is CC(C)C(Oc1ccc([N+](=O)[O-])cc1Cl)C(=O)NN. The van der Waals surface area contributed by atoms with Crippen LogP contribution in [-0.4, -0.2) is 16.9 Å². The van der Waals surface area contributed by atoms with Gasteiger partial charge in [0.05, 0.1) is 9.95 Å². The number of non-ortho nitro benzene ring substituents is 1. The number of nitrogens with zero attached hydrogens (tertiary/aromatic N) is 1. The second-order valence-electron chi connectivity index (χ2n) is 4.16. The van der Waals surface area contributed by atoms with Crippen LogP contribution in [0.15, 0.2) is 18.2 Å². The highest BCUT2D eigenvalue weighted by molar-refractivity contribution is 6.32. The minimum absolute atomic E-state index is 0.0599. The molecule has 0 saturated heterocycles. The zero-order valence-corrected chi connectivity index (χ0v) is 11.2. The predicted octanol–water partition coefficient (Wildman–Crippen LogP) is 1.64. The van der Waals surface area contributed by atoms with E-state index in [0.717, 1.165) is 6.07 Å². The Bertz CT molecular complexity index is 493. The molecule has 0 aromatic heterocycles. The van der Waals surface area contributed by atoms with Crippen LogP contribution in [0.4, 0.5) is 5.69 Å². The number of carbonyl (C=O) groups excluding carboxylic acids is 1. The van der Waals surface area contributed by atoms with Gasteiger partial charge in [0.2, 0.25) is 0 Å². The maximum Gasteiger partial charge on any atom is 0.275 e. The average Bonchev–Trinajstić information content (AvgIpc) is 2.35. The minimum Gasteiger partial charge on any atom is -0.479 e. The lowest BCUT2D eigenvalue weighted by Crippen LogP contribution is -2.44. The number of ether oxygens (including phenoxy) is 1. The molecule has 0 aliphatic rings. The van der Waals surface area contributed by atoms with E-state index in [0.29, 0.717) is 0 Å². The number of nitro groups is 1. The molecule has 0 saturated carbocycles. The molecule has 104 valence electrons. The summed E-state index contributed by atoms with van der Waals surface area (Å²) in [5.41, 5.74) is 1.85. The van der Waals surface area contributed by atoms with Crippen LogP contribution < -0.4 is 16.0 Å². The number of hydrazine groups is 1. The van der Waals surface area contributed by atoms with Gasteiger partial charge in [-0.05, 0) is 12.0 Å². The van der Waals surface area contributed by atoms with E-state index in [-0.39, 0.29) is 22.4 Å². The number of rotatable bonds is 5. The van der Waals surface area contributed by atoms with Crippen molar-refractivity contribution in [3.8, 4) is 5.75 Å². The van der Waals surface area contributed by atoms with Crippen molar-refractivity contribution in [2.45, 2.75) is 20.0 Å². The number of benzene rings is 1. The molecule has 1 atom stereocenters. The van der Waals surface area contributed by atoms with Gasteiger partial charge in [0, 0.05) is 12.1 Å². The fourth-order valence-electron chi connectivity index (χ4n) is 1.41. The Hall–Kier alpha value is -1.86. The molecule has 1 amide bonds. The van der Waals surface area contributed by atoms with E-state index >= 15 is 0 Å². The number of halogens is 1.